The zero-order chi connectivity index (χ0) is 20.2. The van der Waals surface area contributed by atoms with Crippen molar-refractivity contribution in [2.75, 3.05) is 4.90 Å². The summed E-state index contributed by atoms with van der Waals surface area (Å²) in [5.41, 5.74) is 3.42. The van der Waals surface area contributed by atoms with Crippen molar-refractivity contribution in [3.63, 3.8) is 0 Å². The third-order valence-electron chi connectivity index (χ3n) is 4.94. The smallest absolute Gasteiger partial charge is 0.270 e. The van der Waals surface area contributed by atoms with Crippen LogP contribution in [-0.4, -0.2) is 21.5 Å². The number of rotatable bonds is 3. The van der Waals surface area contributed by atoms with Crippen LogP contribution in [0.5, 0.6) is 0 Å². The summed E-state index contributed by atoms with van der Waals surface area (Å²) in [6, 6.07) is 7.22. The predicted octanol–water partition coefficient (Wildman–Crippen LogP) is 4.58. The highest BCUT2D eigenvalue weighted by Gasteiger charge is 2.35. The maximum Gasteiger partial charge on any atom is 0.270 e. The van der Waals surface area contributed by atoms with Gasteiger partial charge in [0.2, 0.25) is 0 Å². The van der Waals surface area contributed by atoms with Gasteiger partial charge in [0.05, 0.1) is 5.69 Å². The average Bonchev–Trinajstić information content (AvgIpc) is 3.37. The average molecular weight is 434 g/mol. The predicted molar refractivity (Wildman–Crippen MR) is 115 cm³/mol. The van der Waals surface area contributed by atoms with E-state index in [1.54, 1.807) is 24.3 Å². The minimum Gasteiger partial charge on any atom is -0.346 e. The molecule has 144 valence electrons. The lowest BCUT2D eigenvalue weighted by atomic mass is 10.1. The van der Waals surface area contributed by atoms with Gasteiger partial charge in [-0.1, -0.05) is 23.2 Å². The van der Waals surface area contributed by atoms with Crippen LogP contribution in [0, 0.1) is 13.8 Å². The molecule has 0 spiro atoms. The highest BCUT2D eigenvalue weighted by molar-refractivity contribution is 7.80. The summed E-state index contributed by atoms with van der Waals surface area (Å²) < 4.78 is 2.26. The molecule has 1 aromatic heterocycles. The van der Waals surface area contributed by atoms with E-state index in [2.05, 4.69) is 9.88 Å². The van der Waals surface area contributed by atoms with Gasteiger partial charge in [0.1, 0.15) is 5.57 Å². The van der Waals surface area contributed by atoms with E-state index in [0.717, 1.165) is 29.8 Å². The van der Waals surface area contributed by atoms with E-state index in [0.29, 0.717) is 21.8 Å². The van der Waals surface area contributed by atoms with Gasteiger partial charge in [0.15, 0.2) is 5.11 Å². The highest BCUT2D eigenvalue weighted by Crippen LogP contribution is 2.39. The zero-order valence-corrected chi connectivity index (χ0v) is 17.6. The fraction of sp³-hybridized carbons (Fsp3) is 0.250. The van der Waals surface area contributed by atoms with E-state index in [1.807, 2.05) is 19.9 Å². The summed E-state index contributed by atoms with van der Waals surface area (Å²) in [5.74, 6) is -1.03. The van der Waals surface area contributed by atoms with Gasteiger partial charge < -0.3 is 4.57 Å². The van der Waals surface area contributed by atoms with E-state index in [-0.39, 0.29) is 10.7 Å². The molecule has 1 N–H and O–H groups in total. The van der Waals surface area contributed by atoms with Crippen LogP contribution >= 0.6 is 35.4 Å². The number of benzene rings is 1. The fourth-order valence-electron chi connectivity index (χ4n) is 3.56. The van der Waals surface area contributed by atoms with E-state index >= 15 is 0 Å². The van der Waals surface area contributed by atoms with Crippen molar-refractivity contribution in [3.8, 4) is 0 Å². The zero-order valence-electron chi connectivity index (χ0n) is 15.3. The van der Waals surface area contributed by atoms with Crippen LogP contribution in [0.1, 0.15) is 35.8 Å². The molecule has 1 saturated heterocycles. The highest BCUT2D eigenvalue weighted by atomic mass is 35.5. The molecule has 0 radical (unpaired) electrons. The normalized spacial score (nSPS) is 18.8. The third kappa shape index (κ3) is 3.36. The quantitative estimate of drug-likeness (QED) is 0.437. The molecule has 1 aliphatic carbocycles. The number of amides is 2. The Morgan fingerprint density at radius 1 is 1.11 bits per heavy atom. The Morgan fingerprint density at radius 2 is 1.75 bits per heavy atom. The fourth-order valence-corrected chi connectivity index (χ4v) is 4.35. The van der Waals surface area contributed by atoms with Crippen molar-refractivity contribution in [2.24, 2.45) is 0 Å². The molecule has 0 unspecified atom stereocenters. The van der Waals surface area contributed by atoms with Crippen molar-refractivity contribution in [2.45, 2.75) is 32.7 Å². The summed E-state index contributed by atoms with van der Waals surface area (Å²) in [6.45, 7) is 4.04. The second-order valence-electron chi connectivity index (χ2n) is 7.01. The molecule has 2 aliphatic rings. The first kappa shape index (κ1) is 19.2. The van der Waals surface area contributed by atoms with Gasteiger partial charge in [-0.3, -0.25) is 19.8 Å². The number of thiocarbonyl (C=S) groups is 1. The van der Waals surface area contributed by atoms with E-state index < -0.39 is 11.8 Å². The number of nitrogens with zero attached hydrogens (tertiary/aromatic N) is 2. The standard InChI is InChI=1S/C20H17Cl2N3O2S/c1-10-5-12(11(2)24(10)15-3-4-15)6-17-18(26)23-20(28)25(19(17)27)16-8-13(21)7-14(22)9-16/h5-9,15H,3-4H2,1-2H3,(H,23,26,28)/b17-6+. The molecule has 5 nitrogen and oxygen atoms in total. The van der Waals surface area contributed by atoms with Crippen molar-refractivity contribution >= 4 is 64.1 Å². The Balaban J connectivity index is 1.76. The number of anilines is 1. The Kier molecular flexibility index (Phi) is 4.81. The number of hydrogen-bond acceptors (Lipinski definition) is 3. The van der Waals surface area contributed by atoms with Crippen LogP contribution in [0.15, 0.2) is 29.8 Å². The third-order valence-corrected chi connectivity index (χ3v) is 5.66. The van der Waals surface area contributed by atoms with Crippen molar-refractivity contribution in [3.05, 3.63) is 56.8 Å². The second-order valence-corrected chi connectivity index (χ2v) is 8.27. The van der Waals surface area contributed by atoms with Gasteiger partial charge in [-0.2, -0.15) is 0 Å². The van der Waals surface area contributed by atoms with Crippen LogP contribution < -0.4 is 10.2 Å². The number of aromatic nitrogens is 1. The van der Waals surface area contributed by atoms with Crippen molar-refractivity contribution in [1.82, 2.24) is 9.88 Å². The Hall–Kier alpha value is -2.15. The molecule has 2 fully saturated rings. The van der Waals surface area contributed by atoms with Crippen LogP contribution in [0.25, 0.3) is 6.08 Å². The van der Waals surface area contributed by atoms with Crippen LogP contribution in [0.3, 0.4) is 0 Å². The molecule has 2 heterocycles. The first-order valence-corrected chi connectivity index (χ1v) is 9.98. The van der Waals surface area contributed by atoms with Crippen LogP contribution in [-0.2, 0) is 9.59 Å². The lowest BCUT2D eigenvalue weighted by Crippen LogP contribution is -2.54. The van der Waals surface area contributed by atoms with Gasteiger partial charge in [-0.05, 0) is 74.8 Å². The summed E-state index contributed by atoms with van der Waals surface area (Å²) in [6.07, 6.45) is 3.94. The van der Waals surface area contributed by atoms with Gasteiger partial charge in [-0.25, -0.2) is 0 Å². The minimum absolute atomic E-state index is 0.00561. The van der Waals surface area contributed by atoms with Crippen LogP contribution in [0.2, 0.25) is 10.0 Å². The molecule has 0 bridgehead atoms. The van der Waals surface area contributed by atoms with Gasteiger partial charge in [0.25, 0.3) is 11.8 Å². The molecular formula is C20H17Cl2N3O2S. The van der Waals surface area contributed by atoms with E-state index in [4.69, 9.17) is 35.4 Å². The largest absolute Gasteiger partial charge is 0.346 e. The molecule has 0 atom stereocenters. The molecule has 1 saturated carbocycles. The SMILES string of the molecule is Cc1cc(/C=C2\C(=O)NC(=S)N(c3cc(Cl)cc(Cl)c3)C2=O)c(C)n1C1CC1. The van der Waals surface area contributed by atoms with Gasteiger partial charge in [0, 0.05) is 27.5 Å². The van der Waals surface area contributed by atoms with Crippen molar-refractivity contribution < 1.29 is 9.59 Å². The molecule has 2 aromatic rings. The number of nitrogens with one attached hydrogen (secondary N) is 1. The Bertz CT molecular complexity index is 1050. The summed E-state index contributed by atoms with van der Waals surface area (Å²) >= 11 is 17.3. The first-order chi connectivity index (χ1) is 13.3. The van der Waals surface area contributed by atoms with Crippen LogP contribution in [0.4, 0.5) is 5.69 Å². The maximum absolute atomic E-state index is 13.1. The first-order valence-electron chi connectivity index (χ1n) is 8.82. The number of halogens is 2. The number of carbonyl (C=O) groups is 2. The number of carbonyl (C=O) groups excluding carboxylic acids is 2. The second kappa shape index (κ2) is 7.03. The van der Waals surface area contributed by atoms with E-state index in [1.165, 1.54) is 4.90 Å². The number of aryl methyl sites for hydroxylation is 1. The topological polar surface area (TPSA) is 54.3 Å². The van der Waals surface area contributed by atoms with E-state index in [9.17, 15) is 9.59 Å². The Labute approximate surface area is 177 Å². The van der Waals surface area contributed by atoms with Crippen molar-refractivity contribution in [1.29, 1.82) is 0 Å². The molecule has 2 amide bonds. The molecular weight excluding hydrogens is 417 g/mol. The Morgan fingerprint density at radius 3 is 2.36 bits per heavy atom. The molecule has 4 rings (SSSR count). The summed E-state index contributed by atoms with van der Waals surface area (Å²) in [7, 11) is 0. The van der Waals surface area contributed by atoms with Gasteiger partial charge in [-0.15, -0.1) is 0 Å². The minimum atomic E-state index is -0.518. The lowest BCUT2D eigenvalue weighted by Gasteiger charge is -2.29. The molecule has 8 heteroatoms. The lowest BCUT2D eigenvalue weighted by molar-refractivity contribution is -0.122. The monoisotopic (exact) mass is 433 g/mol. The molecule has 28 heavy (non-hydrogen) atoms. The maximum atomic E-state index is 13.1. The summed E-state index contributed by atoms with van der Waals surface area (Å²) in [4.78, 5) is 26.9. The summed E-state index contributed by atoms with van der Waals surface area (Å²) in [5, 5.41) is 3.31. The molecule has 1 aliphatic heterocycles. The van der Waals surface area contributed by atoms with Gasteiger partial charge >= 0.3 is 0 Å². The molecule has 1 aromatic carbocycles. The number of hydrogen-bond donors (Lipinski definition) is 1.